The third-order valence-corrected chi connectivity index (χ3v) is 5.23. The van der Waals surface area contributed by atoms with Gasteiger partial charge in [-0.3, -0.25) is 4.79 Å². The summed E-state index contributed by atoms with van der Waals surface area (Å²) in [6, 6.07) is 9.94. The Kier molecular flexibility index (Phi) is 6.27. The van der Waals surface area contributed by atoms with Crippen LogP contribution in [0.1, 0.15) is 33.9 Å². The number of hydrogen-bond acceptors (Lipinski definition) is 5. The molecule has 2 rings (SSSR count). The molecule has 0 aromatic heterocycles. The molecule has 144 valence electrons. The highest BCUT2D eigenvalue weighted by Gasteiger charge is 2.26. The monoisotopic (exact) mass is 396 g/mol. The van der Waals surface area contributed by atoms with E-state index in [2.05, 4.69) is 5.32 Å². The van der Waals surface area contributed by atoms with Crippen LogP contribution in [-0.4, -0.2) is 26.1 Å². The van der Waals surface area contributed by atoms with Crippen LogP contribution < -0.4 is 10.4 Å². The van der Waals surface area contributed by atoms with Crippen LogP contribution >= 0.6 is 0 Å². The number of carboxylic acids is 1. The minimum Gasteiger partial charge on any atom is -0.550 e. The summed E-state index contributed by atoms with van der Waals surface area (Å²) in [6.45, 7) is 1.85. The molecule has 0 radical (unpaired) electrons. The van der Waals surface area contributed by atoms with E-state index in [9.17, 15) is 31.9 Å². The molecular weight excluding hydrogens is 380 g/mol. The fraction of sp³-hybridized carbons (Fsp3) is 0.222. The first-order chi connectivity index (χ1) is 12.6. The highest BCUT2D eigenvalue weighted by molar-refractivity contribution is 7.91. The maximum atomic E-state index is 12.5. The summed E-state index contributed by atoms with van der Waals surface area (Å²) < 4.78 is 47.9. The number of carboxylic acid groups (broad SMARTS) is 1. The van der Waals surface area contributed by atoms with E-state index in [0.29, 0.717) is 5.56 Å². The van der Waals surface area contributed by atoms with Crippen molar-refractivity contribution < 1.29 is 31.9 Å². The molecule has 0 fully saturated rings. The maximum Gasteiger partial charge on any atom is 0.341 e. The Balaban J connectivity index is 2.22. The van der Waals surface area contributed by atoms with Gasteiger partial charge in [-0.05, 0) is 36.8 Å². The molecule has 1 atom stereocenters. The van der Waals surface area contributed by atoms with Crippen molar-refractivity contribution in [3.05, 3.63) is 65.2 Å². The van der Waals surface area contributed by atoms with Gasteiger partial charge in [-0.25, -0.2) is 8.42 Å². The van der Waals surface area contributed by atoms with Crippen molar-refractivity contribution in [2.75, 3.05) is 0 Å². The molecule has 1 amide bonds. The van der Waals surface area contributed by atoms with E-state index >= 15 is 0 Å². The first-order valence-electron chi connectivity index (χ1n) is 7.80. The molecule has 0 saturated heterocycles. The van der Waals surface area contributed by atoms with Crippen LogP contribution in [-0.2, 0) is 14.6 Å². The highest BCUT2D eigenvalue weighted by atomic mass is 32.2. The summed E-state index contributed by atoms with van der Waals surface area (Å²) in [7, 11) is -4.76. The Bertz CT molecular complexity index is 925. The van der Waals surface area contributed by atoms with E-state index in [4.69, 9.17) is 0 Å². The number of carbonyl (C=O) groups excluding carboxylic acids is 2. The summed E-state index contributed by atoms with van der Waals surface area (Å²) in [5, 5.41) is 13.5. The number of nitrogens with one attached hydrogen (secondary N) is 1. The van der Waals surface area contributed by atoms with Gasteiger partial charge in [0.2, 0.25) is 9.84 Å². The lowest BCUT2D eigenvalue weighted by Gasteiger charge is -2.20. The molecule has 0 saturated carbocycles. The maximum absolute atomic E-state index is 12.5. The van der Waals surface area contributed by atoms with Crippen LogP contribution in [0.15, 0.2) is 53.4 Å². The average molecular weight is 396 g/mol. The molecular formula is C18H16F2NO5S-. The number of sulfone groups is 1. The Hall–Kier alpha value is -2.81. The third-order valence-electron chi connectivity index (χ3n) is 3.84. The number of carbonyl (C=O) groups is 2. The number of alkyl halides is 2. The highest BCUT2D eigenvalue weighted by Crippen LogP contribution is 2.20. The van der Waals surface area contributed by atoms with E-state index in [-0.39, 0.29) is 5.56 Å². The Labute approximate surface area is 154 Å². The second kappa shape index (κ2) is 8.26. The first-order valence-corrected chi connectivity index (χ1v) is 9.35. The molecule has 0 aliphatic heterocycles. The van der Waals surface area contributed by atoms with Crippen LogP contribution in [0.2, 0.25) is 0 Å². The van der Waals surface area contributed by atoms with E-state index in [1.807, 2.05) is 6.92 Å². The van der Waals surface area contributed by atoms with Crippen molar-refractivity contribution in [1.82, 2.24) is 5.32 Å². The molecule has 0 aliphatic rings. The molecule has 0 bridgehead atoms. The molecule has 0 spiro atoms. The van der Waals surface area contributed by atoms with Crippen LogP contribution in [0.3, 0.4) is 0 Å². The van der Waals surface area contributed by atoms with Gasteiger partial charge in [-0.1, -0.05) is 29.8 Å². The fourth-order valence-electron chi connectivity index (χ4n) is 2.36. The Morgan fingerprint density at radius 1 is 1.04 bits per heavy atom. The van der Waals surface area contributed by atoms with Crippen molar-refractivity contribution in [3.8, 4) is 0 Å². The zero-order chi connectivity index (χ0) is 20.2. The molecule has 0 unspecified atom stereocenters. The van der Waals surface area contributed by atoms with Gasteiger partial charge in [-0.2, -0.15) is 8.78 Å². The summed E-state index contributed by atoms with van der Waals surface area (Å²) in [6.07, 6.45) is -0.466. The lowest BCUT2D eigenvalue weighted by molar-refractivity contribution is -0.306. The summed E-state index contributed by atoms with van der Waals surface area (Å²) >= 11 is 0. The van der Waals surface area contributed by atoms with Crippen LogP contribution in [0.5, 0.6) is 0 Å². The quantitative estimate of drug-likeness (QED) is 0.766. The minimum atomic E-state index is -4.76. The lowest BCUT2D eigenvalue weighted by Crippen LogP contribution is -2.34. The van der Waals surface area contributed by atoms with Gasteiger partial charge in [0.25, 0.3) is 5.91 Å². The number of benzene rings is 2. The van der Waals surface area contributed by atoms with Gasteiger partial charge >= 0.3 is 5.76 Å². The molecule has 6 nitrogen and oxygen atoms in total. The molecule has 9 heteroatoms. The zero-order valence-electron chi connectivity index (χ0n) is 14.2. The number of aliphatic carboxylic acids is 1. The fourth-order valence-corrected chi connectivity index (χ4v) is 3.08. The van der Waals surface area contributed by atoms with Gasteiger partial charge in [-0.15, -0.1) is 0 Å². The van der Waals surface area contributed by atoms with E-state index in [1.54, 1.807) is 24.3 Å². The number of hydrogen-bond donors (Lipinski definition) is 1. The van der Waals surface area contributed by atoms with Crippen molar-refractivity contribution >= 4 is 21.7 Å². The SMILES string of the molecule is Cc1ccc([C@@H](CC(=O)[O-])NC(=O)c2ccc(S(=O)(=O)C(F)F)cc2)cc1. The number of amides is 1. The van der Waals surface area contributed by atoms with Crippen molar-refractivity contribution in [2.24, 2.45) is 0 Å². The second-order valence-corrected chi connectivity index (χ2v) is 7.76. The summed E-state index contributed by atoms with van der Waals surface area (Å²) in [5.74, 6) is -5.60. The second-order valence-electron chi connectivity index (χ2n) is 5.84. The normalized spacial score (nSPS) is 12.6. The smallest absolute Gasteiger partial charge is 0.341 e. The Morgan fingerprint density at radius 3 is 2.07 bits per heavy atom. The third kappa shape index (κ3) is 5.10. The first kappa shape index (κ1) is 20.5. The minimum absolute atomic E-state index is 0.00123. The van der Waals surface area contributed by atoms with Gasteiger partial charge < -0.3 is 15.2 Å². The van der Waals surface area contributed by atoms with Gasteiger partial charge in [0.05, 0.1) is 10.9 Å². The predicted octanol–water partition coefficient (Wildman–Crippen LogP) is 1.60. The van der Waals surface area contributed by atoms with Crippen LogP contribution in [0, 0.1) is 6.92 Å². The number of aryl methyl sites for hydroxylation is 1. The van der Waals surface area contributed by atoms with Crippen molar-refractivity contribution in [1.29, 1.82) is 0 Å². The average Bonchev–Trinajstić information content (AvgIpc) is 2.61. The molecule has 2 aromatic rings. The molecule has 2 aromatic carbocycles. The molecule has 1 N–H and O–H groups in total. The van der Waals surface area contributed by atoms with E-state index in [0.717, 1.165) is 29.8 Å². The molecule has 27 heavy (non-hydrogen) atoms. The van der Waals surface area contributed by atoms with Crippen molar-refractivity contribution in [3.63, 3.8) is 0 Å². The number of rotatable bonds is 7. The van der Waals surface area contributed by atoms with Gasteiger partial charge in [0, 0.05) is 18.0 Å². The van der Waals surface area contributed by atoms with Gasteiger partial charge in [0.15, 0.2) is 0 Å². The van der Waals surface area contributed by atoms with Crippen LogP contribution in [0.4, 0.5) is 8.78 Å². The summed E-state index contributed by atoms with van der Waals surface area (Å²) in [4.78, 5) is 22.7. The van der Waals surface area contributed by atoms with Crippen LogP contribution in [0.25, 0.3) is 0 Å². The van der Waals surface area contributed by atoms with E-state index in [1.165, 1.54) is 0 Å². The standard InChI is InChI=1S/C18H17F2NO5S/c1-11-2-4-12(5-3-11)15(10-16(22)23)21-17(24)13-6-8-14(9-7-13)27(25,26)18(19)20/h2-9,15,18H,10H2,1H3,(H,21,24)(H,22,23)/p-1/t15-/m1/s1. The molecule has 0 aliphatic carbocycles. The lowest BCUT2D eigenvalue weighted by atomic mass is 10.0. The molecule has 0 heterocycles. The number of halogens is 2. The summed E-state index contributed by atoms with van der Waals surface area (Å²) in [5.41, 5.74) is 1.50. The van der Waals surface area contributed by atoms with E-state index < -0.39 is 44.8 Å². The Morgan fingerprint density at radius 2 is 1.59 bits per heavy atom. The van der Waals surface area contributed by atoms with Crippen molar-refractivity contribution in [2.45, 2.75) is 30.0 Å². The predicted molar refractivity (Wildman–Crippen MR) is 90.6 cm³/mol. The topological polar surface area (TPSA) is 103 Å². The van der Waals surface area contributed by atoms with Gasteiger partial charge in [0.1, 0.15) is 0 Å². The zero-order valence-corrected chi connectivity index (χ0v) is 15.0. The largest absolute Gasteiger partial charge is 0.550 e.